The summed E-state index contributed by atoms with van der Waals surface area (Å²) in [6.07, 6.45) is 4.01. The molecule has 1 aliphatic carbocycles. The summed E-state index contributed by atoms with van der Waals surface area (Å²) in [7, 11) is 1.71. The number of carbonyl (C=O) groups is 2. The maximum Gasteiger partial charge on any atom is 0.179 e. The van der Waals surface area contributed by atoms with Crippen molar-refractivity contribution < 1.29 is 14.3 Å². The highest BCUT2D eigenvalue weighted by Gasteiger charge is 2.35. The average Bonchev–Trinajstić information content (AvgIpc) is 2.61. The summed E-state index contributed by atoms with van der Waals surface area (Å²) in [5.41, 5.74) is 2.46. The van der Waals surface area contributed by atoms with Crippen molar-refractivity contribution in [2.75, 3.05) is 20.2 Å². The van der Waals surface area contributed by atoms with Crippen LogP contribution in [-0.2, 0) is 16.0 Å². The topological polar surface area (TPSA) is 83.3 Å². The molecule has 0 amide bonds. The molecule has 0 N–H and O–H groups in total. The van der Waals surface area contributed by atoms with Crippen LogP contribution in [0, 0.1) is 11.3 Å². The number of ether oxygens (including phenoxy) is 1. The van der Waals surface area contributed by atoms with Crippen molar-refractivity contribution in [3.8, 4) is 6.07 Å². The molecule has 0 radical (unpaired) electrons. The molecule has 0 unspecified atom stereocenters. The zero-order valence-corrected chi connectivity index (χ0v) is 13.8. The largest absolute Gasteiger partial charge is 0.378 e. The monoisotopic (exact) mass is 325 g/mol. The molecule has 124 valence electrons. The summed E-state index contributed by atoms with van der Waals surface area (Å²) in [5, 5.41) is 9.50. The van der Waals surface area contributed by atoms with Crippen molar-refractivity contribution in [1.82, 2.24) is 9.88 Å². The number of methoxy groups -OCH3 is 1. The van der Waals surface area contributed by atoms with Crippen molar-refractivity contribution in [3.05, 3.63) is 34.7 Å². The molecule has 0 bridgehead atoms. The summed E-state index contributed by atoms with van der Waals surface area (Å²) < 4.78 is 5.56. The number of Topliss-reactive ketones (excluding diaryl/α,β-unsaturated/α-hetero) is 1. The summed E-state index contributed by atoms with van der Waals surface area (Å²) >= 11 is 0. The van der Waals surface area contributed by atoms with E-state index in [2.05, 4.69) is 22.9 Å². The van der Waals surface area contributed by atoms with Crippen LogP contribution in [-0.4, -0.2) is 47.8 Å². The Bertz CT molecular complexity index is 768. The van der Waals surface area contributed by atoms with Crippen LogP contribution in [0.2, 0.25) is 0 Å². The van der Waals surface area contributed by atoms with Crippen LogP contribution < -0.4 is 0 Å². The maximum absolute atomic E-state index is 12.4. The zero-order valence-electron chi connectivity index (χ0n) is 13.8. The van der Waals surface area contributed by atoms with Crippen molar-refractivity contribution in [1.29, 1.82) is 5.26 Å². The van der Waals surface area contributed by atoms with Crippen LogP contribution in [0.5, 0.6) is 0 Å². The van der Waals surface area contributed by atoms with E-state index >= 15 is 0 Å². The van der Waals surface area contributed by atoms with Gasteiger partial charge in [0, 0.05) is 38.4 Å². The molecular formula is C18H19N3O3. The van der Waals surface area contributed by atoms with Gasteiger partial charge in [-0.3, -0.25) is 14.6 Å². The molecule has 24 heavy (non-hydrogen) atoms. The third-order valence-corrected chi connectivity index (χ3v) is 4.99. The molecule has 0 spiro atoms. The third-order valence-electron chi connectivity index (χ3n) is 4.99. The van der Waals surface area contributed by atoms with Gasteiger partial charge in [0.1, 0.15) is 17.3 Å². The smallest absolute Gasteiger partial charge is 0.179 e. The normalized spacial score (nSPS) is 19.7. The molecule has 3 rings (SSSR count). The van der Waals surface area contributed by atoms with Crippen molar-refractivity contribution >= 4 is 17.8 Å². The quantitative estimate of drug-likeness (QED) is 0.787. The Hall–Kier alpha value is -2.52. The first-order valence-electron chi connectivity index (χ1n) is 7.93. The molecule has 6 heteroatoms. The van der Waals surface area contributed by atoms with Gasteiger partial charge in [-0.05, 0) is 31.4 Å². The lowest BCUT2D eigenvalue weighted by Crippen LogP contribution is -2.43. The fourth-order valence-electron chi connectivity index (χ4n) is 3.30. The molecule has 1 aliphatic heterocycles. The van der Waals surface area contributed by atoms with Crippen molar-refractivity contribution in [2.24, 2.45) is 0 Å². The van der Waals surface area contributed by atoms with Crippen molar-refractivity contribution in [2.45, 2.75) is 31.8 Å². The average molecular weight is 325 g/mol. The maximum atomic E-state index is 12.4. The van der Waals surface area contributed by atoms with Gasteiger partial charge in [-0.15, -0.1) is 0 Å². The number of fused-ring (bicyclic) bond motifs is 1. The second-order valence-corrected chi connectivity index (χ2v) is 6.46. The summed E-state index contributed by atoms with van der Waals surface area (Å²) in [6, 6.07) is 3.73. The number of aromatic nitrogens is 1. The molecule has 0 atom stereocenters. The molecule has 1 saturated heterocycles. The summed E-state index contributed by atoms with van der Waals surface area (Å²) in [4.78, 5) is 29.5. The van der Waals surface area contributed by atoms with Crippen LogP contribution in [0.3, 0.4) is 0 Å². The Balaban J connectivity index is 2.05. The minimum Gasteiger partial charge on any atom is -0.378 e. The highest BCUT2D eigenvalue weighted by Crippen LogP contribution is 2.36. The number of piperidine rings is 1. The van der Waals surface area contributed by atoms with Crippen LogP contribution in [0.4, 0.5) is 0 Å². The Morgan fingerprint density at radius 2 is 2.12 bits per heavy atom. The first-order chi connectivity index (χ1) is 11.5. The molecule has 6 nitrogen and oxygen atoms in total. The zero-order chi connectivity index (χ0) is 17.3. The van der Waals surface area contributed by atoms with E-state index in [1.165, 1.54) is 0 Å². The molecule has 2 heterocycles. The Morgan fingerprint density at radius 1 is 1.42 bits per heavy atom. The van der Waals surface area contributed by atoms with Gasteiger partial charge in [-0.1, -0.05) is 0 Å². The number of nitrogens with zero attached hydrogens (tertiary/aromatic N) is 3. The summed E-state index contributed by atoms with van der Waals surface area (Å²) in [5.74, 6) is -0.194. The first-order valence-corrected chi connectivity index (χ1v) is 7.93. The van der Waals surface area contributed by atoms with E-state index in [1.807, 2.05) is 0 Å². The molecule has 1 aromatic heterocycles. The number of aldehydes is 1. The van der Waals surface area contributed by atoms with E-state index in [9.17, 15) is 14.9 Å². The molecular weight excluding hydrogens is 306 g/mol. The highest BCUT2D eigenvalue weighted by molar-refractivity contribution is 6.10. The standard InChI is InChI=1S/C18H19N3O3/c1-18(24-2)3-5-21(6-4-18)17-14-8-13(11-22)20-10-12(14)7-16(23)15(17)9-19/h8,10-11H,3-7H2,1-2H3. The number of hydrogen-bond donors (Lipinski definition) is 0. The van der Waals surface area contributed by atoms with Gasteiger partial charge < -0.3 is 9.64 Å². The Kier molecular flexibility index (Phi) is 4.20. The Labute approximate surface area is 140 Å². The van der Waals surface area contributed by atoms with E-state index in [4.69, 9.17) is 4.74 Å². The number of likely N-dealkylation sites (tertiary alicyclic amines) is 1. The van der Waals surface area contributed by atoms with Gasteiger partial charge in [0.25, 0.3) is 0 Å². The number of nitriles is 1. The number of hydrogen-bond acceptors (Lipinski definition) is 6. The number of rotatable bonds is 3. The van der Waals surface area contributed by atoms with E-state index in [0.717, 1.165) is 24.0 Å². The minimum atomic E-state index is -0.194. The van der Waals surface area contributed by atoms with E-state index in [-0.39, 0.29) is 23.4 Å². The second kappa shape index (κ2) is 6.17. The van der Waals surface area contributed by atoms with Gasteiger partial charge in [-0.25, -0.2) is 0 Å². The number of allylic oxidation sites excluding steroid dienone is 1. The lowest BCUT2D eigenvalue weighted by atomic mass is 9.86. The van der Waals surface area contributed by atoms with Gasteiger partial charge in [-0.2, -0.15) is 5.26 Å². The molecule has 0 saturated carbocycles. The van der Waals surface area contributed by atoms with E-state index < -0.39 is 0 Å². The van der Waals surface area contributed by atoms with Crippen molar-refractivity contribution in [3.63, 3.8) is 0 Å². The summed E-state index contributed by atoms with van der Waals surface area (Å²) in [6.45, 7) is 3.45. The molecule has 0 aromatic carbocycles. The van der Waals surface area contributed by atoms with E-state index in [0.29, 0.717) is 30.8 Å². The molecule has 2 aliphatic rings. The number of carbonyl (C=O) groups excluding carboxylic acids is 2. The number of pyridine rings is 1. The van der Waals surface area contributed by atoms with E-state index in [1.54, 1.807) is 19.4 Å². The SMILES string of the molecule is COC1(C)CCN(C2=C(C#N)C(=O)Cc3cnc(C=O)cc32)CC1. The molecule has 1 aromatic rings. The fraction of sp³-hybridized carbons (Fsp3) is 0.444. The van der Waals surface area contributed by atoms with Crippen LogP contribution >= 0.6 is 0 Å². The van der Waals surface area contributed by atoms with Crippen LogP contribution in [0.15, 0.2) is 17.8 Å². The molecule has 1 fully saturated rings. The van der Waals surface area contributed by atoms with Gasteiger partial charge in [0.05, 0.1) is 11.3 Å². The number of ketones is 1. The predicted octanol–water partition coefficient (Wildman–Crippen LogP) is 1.75. The van der Waals surface area contributed by atoms with Crippen LogP contribution in [0.25, 0.3) is 5.70 Å². The predicted molar refractivity (Wildman–Crippen MR) is 87.1 cm³/mol. The van der Waals surface area contributed by atoms with Gasteiger partial charge >= 0.3 is 0 Å². The highest BCUT2D eigenvalue weighted by atomic mass is 16.5. The van der Waals surface area contributed by atoms with Gasteiger partial charge in [0.2, 0.25) is 0 Å². The fourth-order valence-corrected chi connectivity index (χ4v) is 3.30. The second-order valence-electron chi connectivity index (χ2n) is 6.46. The van der Waals surface area contributed by atoms with Gasteiger partial charge in [0.15, 0.2) is 12.1 Å². The first kappa shape index (κ1) is 16.3. The lowest BCUT2D eigenvalue weighted by Gasteiger charge is -2.41. The minimum absolute atomic E-state index is 0.150. The third kappa shape index (κ3) is 2.72. The lowest BCUT2D eigenvalue weighted by molar-refractivity contribution is -0.114. The Morgan fingerprint density at radius 3 is 2.71 bits per heavy atom. The van der Waals surface area contributed by atoms with Crippen LogP contribution in [0.1, 0.15) is 41.4 Å².